The highest BCUT2D eigenvalue weighted by molar-refractivity contribution is 9.09. The highest BCUT2D eigenvalue weighted by atomic mass is 79.9. The molecule has 1 aromatic heterocycles. The van der Waals surface area contributed by atoms with Crippen LogP contribution in [0.25, 0.3) is 10.9 Å². The van der Waals surface area contributed by atoms with Gasteiger partial charge in [-0.1, -0.05) is 70.5 Å². The van der Waals surface area contributed by atoms with Gasteiger partial charge >= 0.3 is 0 Å². The van der Waals surface area contributed by atoms with Gasteiger partial charge in [0.25, 0.3) is 0 Å². The highest BCUT2D eigenvalue weighted by Gasteiger charge is 2.08. The third-order valence-electron chi connectivity index (χ3n) is 3.54. The van der Waals surface area contributed by atoms with Crippen LogP contribution in [0.2, 0.25) is 0 Å². The van der Waals surface area contributed by atoms with E-state index in [2.05, 4.69) is 75.5 Å². The van der Waals surface area contributed by atoms with Crippen LogP contribution in [0, 0.1) is 0 Å². The summed E-state index contributed by atoms with van der Waals surface area (Å²) in [7, 11) is 0. The molecule has 0 spiro atoms. The molecule has 100 valence electrons. The Balaban J connectivity index is 1.77. The first-order valence-corrected chi connectivity index (χ1v) is 7.78. The number of nitrogens with zero attached hydrogens (tertiary/aromatic N) is 1. The standard InChI is InChI=1S/C18H16BrN/c19-17(14-6-2-1-3-7-14)12-11-16-9-4-8-15-10-5-13-20-18(15)16/h1-10,13,17H,11-12H2. The zero-order valence-corrected chi connectivity index (χ0v) is 12.8. The van der Waals surface area contributed by atoms with Gasteiger partial charge in [-0.25, -0.2) is 0 Å². The SMILES string of the molecule is BrC(CCc1cccc2cccnc12)c1ccccc1. The molecule has 0 aliphatic heterocycles. The third-order valence-corrected chi connectivity index (χ3v) is 4.53. The topological polar surface area (TPSA) is 12.9 Å². The molecule has 1 unspecified atom stereocenters. The second-order valence-electron chi connectivity index (χ2n) is 4.91. The van der Waals surface area contributed by atoms with Crippen LogP contribution in [-0.2, 0) is 6.42 Å². The van der Waals surface area contributed by atoms with E-state index in [-0.39, 0.29) is 0 Å². The monoisotopic (exact) mass is 325 g/mol. The predicted octanol–water partition coefficient (Wildman–Crippen LogP) is 5.30. The number of aromatic nitrogens is 1. The fourth-order valence-electron chi connectivity index (χ4n) is 2.48. The van der Waals surface area contributed by atoms with Crippen molar-refractivity contribution in [3.63, 3.8) is 0 Å². The van der Waals surface area contributed by atoms with E-state index in [0.717, 1.165) is 18.4 Å². The molecule has 1 atom stereocenters. The minimum atomic E-state index is 0.391. The molecule has 0 bridgehead atoms. The van der Waals surface area contributed by atoms with Crippen LogP contribution >= 0.6 is 15.9 Å². The molecule has 0 aliphatic carbocycles. The number of halogens is 1. The zero-order valence-electron chi connectivity index (χ0n) is 11.2. The first-order chi connectivity index (χ1) is 9.84. The van der Waals surface area contributed by atoms with E-state index < -0.39 is 0 Å². The van der Waals surface area contributed by atoms with Gasteiger partial charge in [-0.15, -0.1) is 0 Å². The summed E-state index contributed by atoms with van der Waals surface area (Å²) in [6, 6.07) is 21.1. The molecular formula is C18H16BrN. The molecule has 20 heavy (non-hydrogen) atoms. The summed E-state index contributed by atoms with van der Waals surface area (Å²) in [6.45, 7) is 0. The summed E-state index contributed by atoms with van der Waals surface area (Å²) < 4.78 is 0. The third kappa shape index (κ3) is 2.91. The molecule has 0 saturated carbocycles. The van der Waals surface area contributed by atoms with E-state index in [4.69, 9.17) is 0 Å². The van der Waals surface area contributed by atoms with E-state index in [9.17, 15) is 0 Å². The van der Waals surface area contributed by atoms with Crippen molar-refractivity contribution >= 4 is 26.8 Å². The molecule has 0 saturated heterocycles. The highest BCUT2D eigenvalue weighted by Crippen LogP contribution is 2.28. The Morgan fingerprint density at radius 2 is 1.70 bits per heavy atom. The number of hydrogen-bond acceptors (Lipinski definition) is 1. The molecule has 0 radical (unpaired) electrons. The summed E-state index contributed by atoms with van der Waals surface area (Å²) >= 11 is 3.79. The molecule has 2 heteroatoms. The van der Waals surface area contributed by atoms with Crippen molar-refractivity contribution in [3.8, 4) is 0 Å². The van der Waals surface area contributed by atoms with Crippen LogP contribution in [0.4, 0.5) is 0 Å². The summed E-state index contributed by atoms with van der Waals surface area (Å²) in [6.07, 6.45) is 3.97. The number of para-hydroxylation sites is 1. The van der Waals surface area contributed by atoms with Crippen molar-refractivity contribution in [1.29, 1.82) is 0 Å². The Morgan fingerprint density at radius 3 is 2.55 bits per heavy atom. The lowest BCUT2D eigenvalue weighted by atomic mass is 10.0. The van der Waals surface area contributed by atoms with Crippen molar-refractivity contribution in [2.24, 2.45) is 0 Å². The molecule has 0 amide bonds. The smallest absolute Gasteiger partial charge is 0.0733 e. The number of fused-ring (bicyclic) bond motifs is 1. The minimum absolute atomic E-state index is 0.391. The van der Waals surface area contributed by atoms with Crippen molar-refractivity contribution in [2.45, 2.75) is 17.7 Å². The fraction of sp³-hybridized carbons (Fsp3) is 0.167. The molecule has 3 aromatic rings. The summed E-state index contributed by atoms with van der Waals surface area (Å²) in [5, 5.41) is 1.22. The quantitative estimate of drug-likeness (QED) is 0.593. The molecule has 1 heterocycles. The average molecular weight is 326 g/mol. The van der Waals surface area contributed by atoms with E-state index in [0.29, 0.717) is 4.83 Å². The molecule has 0 aliphatic rings. The molecule has 0 fully saturated rings. The van der Waals surface area contributed by atoms with Gasteiger partial charge in [-0.2, -0.15) is 0 Å². The molecule has 2 aromatic carbocycles. The van der Waals surface area contributed by atoms with Crippen LogP contribution in [0.1, 0.15) is 22.4 Å². The second-order valence-corrected chi connectivity index (χ2v) is 6.01. The van der Waals surface area contributed by atoms with Gasteiger partial charge in [0.2, 0.25) is 0 Å². The Hall–Kier alpha value is -1.67. The maximum Gasteiger partial charge on any atom is 0.0733 e. The molecule has 1 nitrogen and oxygen atoms in total. The Labute approximate surface area is 127 Å². The number of rotatable bonds is 4. The average Bonchev–Trinajstić information content (AvgIpc) is 2.53. The van der Waals surface area contributed by atoms with Gasteiger partial charge in [0.1, 0.15) is 0 Å². The van der Waals surface area contributed by atoms with Crippen molar-refractivity contribution in [1.82, 2.24) is 4.98 Å². The lowest BCUT2D eigenvalue weighted by molar-refractivity contribution is 0.816. The Kier molecular flexibility index (Phi) is 4.12. The van der Waals surface area contributed by atoms with Crippen molar-refractivity contribution in [3.05, 3.63) is 78.0 Å². The summed E-state index contributed by atoms with van der Waals surface area (Å²) in [4.78, 5) is 4.91. The van der Waals surface area contributed by atoms with Crippen LogP contribution in [0.15, 0.2) is 66.9 Å². The number of pyridine rings is 1. The van der Waals surface area contributed by atoms with E-state index in [1.54, 1.807) is 0 Å². The van der Waals surface area contributed by atoms with Gasteiger partial charge in [-0.3, -0.25) is 4.98 Å². The van der Waals surface area contributed by atoms with Crippen LogP contribution < -0.4 is 0 Å². The van der Waals surface area contributed by atoms with Gasteiger partial charge in [0.05, 0.1) is 5.52 Å². The zero-order chi connectivity index (χ0) is 13.8. The van der Waals surface area contributed by atoms with Crippen molar-refractivity contribution < 1.29 is 0 Å². The maximum absolute atomic E-state index is 4.52. The number of benzene rings is 2. The molecular weight excluding hydrogens is 310 g/mol. The first-order valence-electron chi connectivity index (χ1n) is 6.86. The van der Waals surface area contributed by atoms with Crippen LogP contribution in [0.3, 0.4) is 0 Å². The van der Waals surface area contributed by atoms with Gasteiger partial charge in [0.15, 0.2) is 0 Å². The number of alkyl halides is 1. The molecule has 3 rings (SSSR count). The predicted molar refractivity (Wildman–Crippen MR) is 88.2 cm³/mol. The van der Waals surface area contributed by atoms with Gasteiger partial charge in [0, 0.05) is 16.4 Å². The number of hydrogen-bond donors (Lipinski definition) is 0. The van der Waals surface area contributed by atoms with E-state index >= 15 is 0 Å². The van der Waals surface area contributed by atoms with E-state index in [1.807, 2.05) is 12.3 Å². The van der Waals surface area contributed by atoms with Crippen molar-refractivity contribution in [2.75, 3.05) is 0 Å². The normalized spacial score (nSPS) is 12.4. The van der Waals surface area contributed by atoms with Crippen LogP contribution in [-0.4, -0.2) is 4.98 Å². The van der Waals surface area contributed by atoms with E-state index in [1.165, 1.54) is 16.5 Å². The summed E-state index contributed by atoms with van der Waals surface area (Å²) in [5.74, 6) is 0. The maximum atomic E-state index is 4.52. The number of aryl methyl sites for hydroxylation is 1. The van der Waals surface area contributed by atoms with Crippen LogP contribution in [0.5, 0.6) is 0 Å². The summed E-state index contributed by atoms with van der Waals surface area (Å²) in [5.41, 5.74) is 3.78. The fourth-order valence-corrected chi connectivity index (χ4v) is 3.01. The lowest BCUT2D eigenvalue weighted by Crippen LogP contribution is -1.95. The van der Waals surface area contributed by atoms with Gasteiger partial charge in [-0.05, 0) is 30.0 Å². The molecule has 0 N–H and O–H groups in total. The minimum Gasteiger partial charge on any atom is -0.256 e. The lowest BCUT2D eigenvalue weighted by Gasteiger charge is -2.11. The largest absolute Gasteiger partial charge is 0.256 e. The van der Waals surface area contributed by atoms with Gasteiger partial charge < -0.3 is 0 Å². The second kappa shape index (κ2) is 6.19. The first kappa shape index (κ1) is 13.3. The Bertz CT molecular complexity index is 689. The Morgan fingerprint density at radius 1 is 0.900 bits per heavy atom.